The molecular weight excluding hydrogens is 182 g/mol. The zero-order valence-electron chi connectivity index (χ0n) is 10.1. The molecule has 2 N–H and O–H groups in total. The first-order valence-electron chi connectivity index (χ1n) is 5.97. The molecule has 1 aromatic carbocycles. The van der Waals surface area contributed by atoms with Crippen molar-refractivity contribution in [1.29, 1.82) is 0 Å². The fourth-order valence-electron chi connectivity index (χ4n) is 2.12. The molecule has 84 valence electrons. The maximum Gasteiger partial charge on any atom is 0.0131 e. The fourth-order valence-corrected chi connectivity index (χ4v) is 2.12. The van der Waals surface area contributed by atoms with E-state index in [1.165, 1.54) is 18.4 Å². The Labute approximate surface area is 93.7 Å². The van der Waals surface area contributed by atoms with Crippen molar-refractivity contribution in [2.45, 2.75) is 45.6 Å². The average molecular weight is 205 g/mol. The Kier molecular flexibility index (Phi) is 4.83. The van der Waals surface area contributed by atoms with Gasteiger partial charge in [0.15, 0.2) is 0 Å². The Balaban J connectivity index is 2.64. The zero-order valence-corrected chi connectivity index (χ0v) is 10.1. The molecule has 1 nitrogen and oxygen atoms in total. The van der Waals surface area contributed by atoms with Crippen molar-refractivity contribution in [3.8, 4) is 0 Å². The number of benzene rings is 1. The monoisotopic (exact) mass is 205 g/mol. The quantitative estimate of drug-likeness (QED) is 0.781. The third-order valence-corrected chi connectivity index (χ3v) is 3.30. The highest BCUT2D eigenvalue weighted by Crippen LogP contribution is 2.24. The van der Waals surface area contributed by atoms with E-state index >= 15 is 0 Å². The topological polar surface area (TPSA) is 26.0 Å². The lowest BCUT2D eigenvalue weighted by Crippen LogP contribution is -2.33. The molecule has 0 heterocycles. The summed E-state index contributed by atoms with van der Waals surface area (Å²) in [7, 11) is 0. The SMILES string of the molecule is CCCC(C)C(N)C(C)c1ccccc1. The van der Waals surface area contributed by atoms with Crippen LogP contribution in [0.25, 0.3) is 0 Å². The third-order valence-electron chi connectivity index (χ3n) is 3.30. The van der Waals surface area contributed by atoms with Gasteiger partial charge in [-0.15, -0.1) is 0 Å². The molecule has 3 atom stereocenters. The van der Waals surface area contributed by atoms with E-state index in [0.29, 0.717) is 11.8 Å². The predicted octanol–water partition coefficient (Wildman–Crippen LogP) is 3.55. The molecule has 0 aromatic heterocycles. The van der Waals surface area contributed by atoms with Gasteiger partial charge in [-0.1, -0.05) is 57.5 Å². The largest absolute Gasteiger partial charge is 0.327 e. The van der Waals surface area contributed by atoms with Crippen LogP contribution in [0.3, 0.4) is 0 Å². The van der Waals surface area contributed by atoms with Gasteiger partial charge >= 0.3 is 0 Å². The van der Waals surface area contributed by atoms with Gasteiger partial charge < -0.3 is 5.73 Å². The van der Waals surface area contributed by atoms with Crippen LogP contribution in [0.5, 0.6) is 0 Å². The molecule has 0 aliphatic rings. The summed E-state index contributed by atoms with van der Waals surface area (Å²) < 4.78 is 0. The van der Waals surface area contributed by atoms with Crippen molar-refractivity contribution in [3.05, 3.63) is 35.9 Å². The lowest BCUT2D eigenvalue weighted by atomic mass is 9.84. The Morgan fingerprint density at radius 1 is 1.13 bits per heavy atom. The summed E-state index contributed by atoms with van der Waals surface area (Å²) in [5.74, 6) is 1.05. The van der Waals surface area contributed by atoms with Crippen LogP contribution in [0.1, 0.15) is 45.1 Å². The van der Waals surface area contributed by atoms with Gasteiger partial charge in [0.2, 0.25) is 0 Å². The first kappa shape index (κ1) is 12.3. The summed E-state index contributed by atoms with van der Waals surface area (Å²) in [5.41, 5.74) is 7.63. The lowest BCUT2D eigenvalue weighted by molar-refractivity contribution is 0.380. The van der Waals surface area contributed by atoms with Crippen LogP contribution in [-0.4, -0.2) is 6.04 Å². The van der Waals surface area contributed by atoms with E-state index in [1.54, 1.807) is 0 Å². The average Bonchev–Trinajstić information content (AvgIpc) is 2.28. The number of hydrogen-bond acceptors (Lipinski definition) is 1. The van der Waals surface area contributed by atoms with Crippen molar-refractivity contribution in [2.24, 2.45) is 11.7 Å². The van der Waals surface area contributed by atoms with Gasteiger partial charge in [0.25, 0.3) is 0 Å². The van der Waals surface area contributed by atoms with Crippen molar-refractivity contribution in [3.63, 3.8) is 0 Å². The molecule has 1 aromatic rings. The van der Waals surface area contributed by atoms with Gasteiger partial charge in [0.1, 0.15) is 0 Å². The van der Waals surface area contributed by atoms with E-state index in [2.05, 4.69) is 51.1 Å². The molecule has 3 unspecified atom stereocenters. The standard InChI is InChI=1S/C14H23N/c1-4-8-11(2)14(15)12(3)13-9-6-5-7-10-13/h5-7,9-12,14H,4,8,15H2,1-3H3. The smallest absolute Gasteiger partial charge is 0.0131 e. The molecule has 0 aliphatic heterocycles. The maximum absolute atomic E-state index is 6.28. The summed E-state index contributed by atoms with van der Waals surface area (Å²) in [5, 5.41) is 0. The molecule has 0 spiro atoms. The van der Waals surface area contributed by atoms with E-state index in [-0.39, 0.29) is 6.04 Å². The van der Waals surface area contributed by atoms with E-state index in [4.69, 9.17) is 5.73 Å². The van der Waals surface area contributed by atoms with Gasteiger partial charge in [-0.2, -0.15) is 0 Å². The molecule has 0 bridgehead atoms. The van der Waals surface area contributed by atoms with Crippen LogP contribution in [0.15, 0.2) is 30.3 Å². The zero-order chi connectivity index (χ0) is 11.3. The highest BCUT2D eigenvalue weighted by molar-refractivity contribution is 5.20. The minimum atomic E-state index is 0.271. The first-order valence-corrected chi connectivity index (χ1v) is 5.97. The molecule has 0 amide bonds. The predicted molar refractivity (Wildman–Crippen MR) is 66.9 cm³/mol. The van der Waals surface area contributed by atoms with E-state index < -0.39 is 0 Å². The number of hydrogen-bond donors (Lipinski definition) is 1. The van der Waals surface area contributed by atoms with Gasteiger partial charge in [0, 0.05) is 6.04 Å². The van der Waals surface area contributed by atoms with Crippen molar-refractivity contribution < 1.29 is 0 Å². The molecule has 0 aliphatic carbocycles. The Bertz CT molecular complexity index is 268. The number of rotatable bonds is 5. The molecule has 15 heavy (non-hydrogen) atoms. The van der Waals surface area contributed by atoms with Crippen LogP contribution in [-0.2, 0) is 0 Å². The second kappa shape index (κ2) is 5.92. The second-order valence-electron chi connectivity index (χ2n) is 4.54. The molecular formula is C14H23N. The molecule has 0 saturated heterocycles. The third kappa shape index (κ3) is 3.35. The van der Waals surface area contributed by atoms with E-state index in [1.807, 2.05) is 0 Å². The minimum absolute atomic E-state index is 0.271. The van der Waals surface area contributed by atoms with Crippen LogP contribution in [0, 0.1) is 5.92 Å². The van der Waals surface area contributed by atoms with Crippen LogP contribution >= 0.6 is 0 Å². The normalized spacial score (nSPS) is 17.1. The summed E-state index contributed by atoms with van der Waals surface area (Å²) in [4.78, 5) is 0. The Hall–Kier alpha value is -0.820. The molecule has 1 rings (SSSR count). The van der Waals surface area contributed by atoms with Crippen molar-refractivity contribution in [2.75, 3.05) is 0 Å². The summed E-state index contributed by atoms with van der Waals surface area (Å²) in [6, 6.07) is 10.8. The van der Waals surface area contributed by atoms with Gasteiger partial charge in [0.05, 0.1) is 0 Å². The van der Waals surface area contributed by atoms with Crippen LogP contribution in [0.2, 0.25) is 0 Å². The van der Waals surface area contributed by atoms with Crippen molar-refractivity contribution in [1.82, 2.24) is 0 Å². The fraction of sp³-hybridized carbons (Fsp3) is 0.571. The van der Waals surface area contributed by atoms with Gasteiger partial charge in [-0.05, 0) is 23.8 Å². The molecule has 0 fully saturated rings. The van der Waals surface area contributed by atoms with Crippen LogP contribution in [0.4, 0.5) is 0 Å². The van der Waals surface area contributed by atoms with Crippen molar-refractivity contribution >= 4 is 0 Å². The highest BCUT2D eigenvalue weighted by atomic mass is 14.7. The first-order chi connectivity index (χ1) is 7.16. The highest BCUT2D eigenvalue weighted by Gasteiger charge is 2.19. The molecule has 0 saturated carbocycles. The van der Waals surface area contributed by atoms with E-state index in [0.717, 1.165) is 0 Å². The lowest BCUT2D eigenvalue weighted by Gasteiger charge is -2.26. The minimum Gasteiger partial charge on any atom is -0.327 e. The molecule has 0 radical (unpaired) electrons. The Morgan fingerprint density at radius 3 is 2.27 bits per heavy atom. The molecule has 1 heteroatoms. The Morgan fingerprint density at radius 2 is 1.73 bits per heavy atom. The maximum atomic E-state index is 6.28. The van der Waals surface area contributed by atoms with E-state index in [9.17, 15) is 0 Å². The summed E-state index contributed by atoms with van der Waals surface area (Å²) >= 11 is 0. The number of nitrogens with two attached hydrogens (primary N) is 1. The van der Waals surface area contributed by atoms with Gasteiger partial charge in [-0.3, -0.25) is 0 Å². The van der Waals surface area contributed by atoms with Crippen LogP contribution < -0.4 is 5.73 Å². The summed E-state index contributed by atoms with van der Waals surface area (Å²) in [6.07, 6.45) is 2.44. The van der Waals surface area contributed by atoms with Gasteiger partial charge in [-0.25, -0.2) is 0 Å². The second-order valence-corrected chi connectivity index (χ2v) is 4.54. The summed E-state index contributed by atoms with van der Waals surface area (Å²) in [6.45, 7) is 6.70.